The first-order valence-corrected chi connectivity index (χ1v) is 9.62. The molecule has 6 heteroatoms. The smallest absolute Gasteiger partial charge is 0.255 e. The highest BCUT2D eigenvalue weighted by molar-refractivity contribution is 6.07. The van der Waals surface area contributed by atoms with E-state index in [2.05, 4.69) is 10.6 Å². The SMILES string of the molecule is Cc1cc(NC(=O)c2ccc(C(=O)Nc3cc(C)c(N)c(C)c3)cc2)cc(C)c1N. The number of hydrogen-bond acceptors (Lipinski definition) is 4. The number of carbonyl (C=O) groups is 2. The lowest BCUT2D eigenvalue weighted by Crippen LogP contribution is -2.15. The van der Waals surface area contributed by atoms with Crippen molar-refractivity contribution in [1.82, 2.24) is 0 Å². The largest absolute Gasteiger partial charge is 0.398 e. The molecular weight excluding hydrogens is 376 g/mol. The number of nitrogen functional groups attached to an aromatic ring is 2. The van der Waals surface area contributed by atoms with Gasteiger partial charge < -0.3 is 22.1 Å². The first-order valence-electron chi connectivity index (χ1n) is 9.62. The van der Waals surface area contributed by atoms with Gasteiger partial charge in [0.25, 0.3) is 11.8 Å². The summed E-state index contributed by atoms with van der Waals surface area (Å²) in [5, 5.41) is 5.73. The highest BCUT2D eigenvalue weighted by atomic mass is 16.2. The number of amides is 2. The lowest BCUT2D eigenvalue weighted by Gasteiger charge is -2.11. The van der Waals surface area contributed by atoms with Crippen LogP contribution in [0.5, 0.6) is 0 Å². The van der Waals surface area contributed by atoms with Crippen molar-refractivity contribution in [3.63, 3.8) is 0 Å². The number of aryl methyl sites for hydroxylation is 4. The fourth-order valence-corrected chi connectivity index (χ4v) is 3.27. The quantitative estimate of drug-likeness (QED) is 0.478. The number of rotatable bonds is 4. The summed E-state index contributed by atoms with van der Waals surface area (Å²) in [7, 11) is 0. The summed E-state index contributed by atoms with van der Waals surface area (Å²) in [6, 6.07) is 13.8. The Morgan fingerprint density at radius 1 is 0.600 bits per heavy atom. The fourth-order valence-electron chi connectivity index (χ4n) is 3.27. The second kappa shape index (κ2) is 8.29. The van der Waals surface area contributed by atoms with E-state index < -0.39 is 0 Å². The van der Waals surface area contributed by atoms with Crippen LogP contribution >= 0.6 is 0 Å². The van der Waals surface area contributed by atoms with Gasteiger partial charge in [0.1, 0.15) is 0 Å². The zero-order valence-electron chi connectivity index (χ0n) is 17.6. The topological polar surface area (TPSA) is 110 Å². The molecule has 0 fully saturated rings. The standard InChI is InChI=1S/C24H26N4O2/c1-13-9-19(10-14(2)21(13)25)27-23(29)17-5-7-18(8-6-17)24(30)28-20-11-15(3)22(26)16(4)12-20/h5-12H,25-26H2,1-4H3,(H,27,29)(H,28,30). The molecule has 0 aliphatic heterocycles. The van der Waals surface area contributed by atoms with E-state index in [1.165, 1.54) is 0 Å². The number of nitrogens with two attached hydrogens (primary N) is 2. The maximum atomic E-state index is 12.5. The predicted molar refractivity (Wildman–Crippen MR) is 123 cm³/mol. The summed E-state index contributed by atoms with van der Waals surface area (Å²) >= 11 is 0. The first kappa shape index (κ1) is 20.9. The van der Waals surface area contributed by atoms with Crippen molar-refractivity contribution < 1.29 is 9.59 Å². The normalized spacial score (nSPS) is 10.5. The van der Waals surface area contributed by atoms with Gasteiger partial charge in [-0.3, -0.25) is 9.59 Å². The second-order valence-electron chi connectivity index (χ2n) is 7.53. The molecule has 0 saturated heterocycles. The van der Waals surface area contributed by atoms with Gasteiger partial charge in [-0.1, -0.05) is 0 Å². The van der Waals surface area contributed by atoms with Crippen molar-refractivity contribution in [3.05, 3.63) is 81.9 Å². The number of carbonyl (C=O) groups excluding carboxylic acids is 2. The molecule has 3 aromatic carbocycles. The lowest BCUT2D eigenvalue weighted by atomic mass is 10.1. The number of hydrogen-bond donors (Lipinski definition) is 4. The Bertz CT molecular complexity index is 998. The van der Waals surface area contributed by atoms with Crippen molar-refractivity contribution >= 4 is 34.6 Å². The number of benzene rings is 3. The van der Waals surface area contributed by atoms with Gasteiger partial charge in [0.15, 0.2) is 0 Å². The molecular formula is C24H26N4O2. The van der Waals surface area contributed by atoms with Gasteiger partial charge >= 0.3 is 0 Å². The van der Waals surface area contributed by atoms with E-state index >= 15 is 0 Å². The van der Waals surface area contributed by atoms with E-state index in [1.54, 1.807) is 24.3 Å². The van der Waals surface area contributed by atoms with Crippen LogP contribution in [-0.2, 0) is 0 Å². The number of anilines is 4. The Kier molecular flexibility index (Phi) is 5.78. The lowest BCUT2D eigenvalue weighted by molar-refractivity contribution is 0.101. The third-order valence-corrected chi connectivity index (χ3v) is 5.11. The van der Waals surface area contributed by atoms with Crippen LogP contribution in [-0.4, -0.2) is 11.8 Å². The molecule has 0 aliphatic rings. The average molecular weight is 402 g/mol. The molecule has 2 amide bonds. The Labute approximate surface area is 176 Å². The molecule has 6 nitrogen and oxygen atoms in total. The van der Waals surface area contributed by atoms with E-state index in [0.29, 0.717) is 22.5 Å². The Morgan fingerprint density at radius 3 is 1.13 bits per heavy atom. The molecule has 0 aliphatic carbocycles. The van der Waals surface area contributed by atoms with Gasteiger partial charge in [-0.05, 0) is 98.5 Å². The van der Waals surface area contributed by atoms with E-state index in [1.807, 2.05) is 52.0 Å². The molecule has 0 atom stereocenters. The van der Waals surface area contributed by atoms with Crippen LogP contribution in [0.15, 0.2) is 48.5 Å². The summed E-state index contributed by atoms with van der Waals surface area (Å²) in [5.41, 5.74) is 19.3. The van der Waals surface area contributed by atoms with Crippen molar-refractivity contribution in [1.29, 1.82) is 0 Å². The molecule has 0 spiro atoms. The Balaban J connectivity index is 1.71. The van der Waals surface area contributed by atoms with Crippen molar-refractivity contribution in [2.24, 2.45) is 0 Å². The van der Waals surface area contributed by atoms with E-state index in [0.717, 1.165) is 33.6 Å². The predicted octanol–water partition coefficient (Wildman–Crippen LogP) is 4.59. The molecule has 0 heterocycles. The van der Waals surface area contributed by atoms with Crippen molar-refractivity contribution in [3.8, 4) is 0 Å². The fraction of sp³-hybridized carbons (Fsp3) is 0.167. The van der Waals surface area contributed by atoms with Gasteiger partial charge in [0, 0.05) is 33.9 Å². The van der Waals surface area contributed by atoms with Crippen LogP contribution in [0.1, 0.15) is 43.0 Å². The zero-order chi connectivity index (χ0) is 22.0. The Morgan fingerprint density at radius 2 is 0.867 bits per heavy atom. The molecule has 3 rings (SSSR count). The third kappa shape index (κ3) is 4.43. The summed E-state index contributed by atoms with van der Waals surface area (Å²) in [5.74, 6) is -0.509. The van der Waals surface area contributed by atoms with Crippen LogP contribution in [0.25, 0.3) is 0 Å². The molecule has 0 aromatic heterocycles. The second-order valence-corrected chi connectivity index (χ2v) is 7.53. The highest BCUT2D eigenvalue weighted by Gasteiger charge is 2.12. The third-order valence-electron chi connectivity index (χ3n) is 5.11. The molecule has 30 heavy (non-hydrogen) atoms. The van der Waals surface area contributed by atoms with Crippen LogP contribution in [0.3, 0.4) is 0 Å². The summed E-state index contributed by atoms with van der Waals surface area (Å²) in [6.45, 7) is 7.59. The van der Waals surface area contributed by atoms with E-state index in [9.17, 15) is 9.59 Å². The van der Waals surface area contributed by atoms with Crippen LogP contribution in [0.2, 0.25) is 0 Å². The van der Waals surface area contributed by atoms with Crippen LogP contribution < -0.4 is 22.1 Å². The van der Waals surface area contributed by atoms with Gasteiger partial charge in [0.05, 0.1) is 0 Å². The highest BCUT2D eigenvalue weighted by Crippen LogP contribution is 2.23. The Hall–Kier alpha value is -3.80. The zero-order valence-corrected chi connectivity index (χ0v) is 17.6. The molecule has 0 radical (unpaired) electrons. The summed E-state index contributed by atoms with van der Waals surface area (Å²) in [6.07, 6.45) is 0. The van der Waals surface area contributed by atoms with E-state index in [-0.39, 0.29) is 11.8 Å². The van der Waals surface area contributed by atoms with Crippen molar-refractivity contribution in [2.45, 2.75) is 27.7 Å². The van der Waals surface area contributed by atoms with Crippen LogP contribution in [0, 0.1) is 27.7 Å². The van der Waals surface area contributed by atoms with Crippen molar-refractivity contribution in [2.75, 3.05) is 22.1 Å². The van der Waals surface area contributed by atoms with Gasteiger partial charge in [0.2, 0.25) is 0 Å². The number of nitrogens with one attached hydrogen (secondary N) is 2. The van der Waals surface area contributed by atoms with Gasteiger partial charge in [-0.15, -0.1) is 0 Å². The molecule has 0 bridgehead atoms. The molecule has 6 N–H and O–H groups in total. The molecule has 154 valence electrons. The van der Waals surface area contributed by atoms with Gasteiger partial charge in [-0.25, -0.2) is 0 Å². The average Bonchev–Trinajstić information content (AvgIpc) is 2.70. The van der Waals surface area contributed by atoms with E-state index in [4.69, 9.17) is 11.5 Å². The maximum Gasteiger partial charge on any atom is 0.255 e. The maximum absolute atomic E-state index is 12.5. The first-order chi connectivity index (χ1) is 14.2. The molecule has 0 unspecified atom stereocenters. The van der Waals surface area contributed by atoms with Crippen LogP contribution in [0.4, 0.5) is 22.7 Å². The summed E-state index contributed by atoms with van der Waals surface area (Å²) < 4.78 is 0. The minimum absolute atomic E-state index is 0.254. The van der Waals surface area contributed by atoms with Gasteiger partial charge in [-0.2, -0.15) is 0 Å². The molecule has 0 saturated carbocycles. The minimum Gasteiger partial charge on any atom is -0.398 e. The molecule has 3 aromatic rings. The minimum atomic E-state index is -0.254. The summed E-state index contributed by atoms with van der Waals surface area (Å²) in [4.78, 5) is 25.1. The monoisotopic (exact) mass is 402 g/mol.